The van der Waals surface area contributed by atoms with Gasteiger partial charge < -0.3 is 14.2 Å². The Bertz CT molecular complexity index is 1290. The fourth-order valence-corrected chi connectivity index (χ4v) is 3.56. The molecule has 31 heavy (non-hydrogen) atoms. The smallest absolute Gasteiger partial charge is 0.339 e. The van der Waals surface area contributed by atoms with Gasteiger partial charge >= 0.3 is 11.7 Å². The van der Waals surface area contributed by atoms with Gasteiger partial charge in [-0.25, -0.2) is 14.6 Å². The number of nitrogens with zero attached hydrogens (tertiary/aromatic N) is 3. The zero-order valence-corrected chi connectivity index (χ0v) is 17.6. The van der Waals surface area contributed by atoms with Gasteiger partial charge in [-0.3, -0.25) is 13.9 Å². The summed E-state index contributed by atoms with van der Waals surface area (Å²) in [6, 6.07) is 6.81. The number of carbonyl (C=O) groups is 1. The minimum atomic E-state index is -0.644. The number of fused-ring (bicyclic) bond motifs is 2. The van der Waals surface area contributed by atoms with Crippen LogP contribution in [0.25, 0.3) is 22.3 Å². The molecule has 0 N–H and O–H groups in total. The van der Waals surface area contributed by atoms with E-state index in [2.05, 4.69) is 4.98 Å². The number of carbonyl (C=O) groups excluding carboxylic acids is 1. The third-order valence-corrected chi connectivity index (χ3v) is 5.19. The molecule has 0 unspecified atom stereocenters. The van der Waals surface area contributed by atoms with Gasteiger partial charge in [0.2, 0.25) is 6.79 Å². The summed E-state index contributed by atoms with van der Waals surface area (Å²) in [7, 11) is 1.40. The highest BCUT2D eigenvalue weighted by Gasteiger charge is 2.23. The normalized spacial score (nSPS) is 12.4. The summed E-state index contributed by atoms with van der Waals surface area (Å²) < 4.78 is 18.4. The molecule has 0 fully saturated rings. The molecule has 1 aliphatic rings. The average molecular weight is 425 g/mol. The van der Waals surface area contributed by atoms with Crippen LogP contribution in [0.4, 0.5) is 0 Å². The van der Waals surface area contributed by atoms with Crippen LogP contribution in [0, 0.1) is 0 Å². The van der Waals surface area contributed by atoms with Crippen molar-refractivity contribution in [2.45, 2.75) is 33.2 Å². The summed E-state index contributed by atoms with van der Waals surface area (Å²) in [5.41, 5.74) is 0.264. The lowest BCUT2D eigenvalue weighted by atomic mass is 10.1. The van der Waals surface area contributed by atoms with Gasteiger partial charge in [-0.1, -0.05) is 13.3 Å². The van der Waals surface area contributed by atoms with E-state index in [9.17, 15) is 14.4 Å². The minimum Gasteiger partial charge on any atom is -0.462 e. The van der Waals surface area contributed by atoms with Crippen LogP contribution in [0.5, 0.6) is 11.5 Å². The van der Waals surface area contributed by atoms with Crippen molar-refractivity contribution in [1.82, 2.24) is 14.1 Å². The Morgan fingerprint density at radius 3 is 2.68 bits per heavy atom. The Labute approximate surface area is 177 Å². The molecule has 0 spiro atoms. The van der Waals surface area contributed by atoms with Gasteiger partial charge in [0.05, 0.1) is 23.3 Å². The number of ether oxygens (including phenoxy) is 3. The Morgan fingerprint density at radius 2 is 1.94 bits per heavy atom. The van der Waals surface area contributed by atoms with Crippen LogP contribution in [0.2, 0.25) is 0 Å². The van der Waals surface area contributed by atoms with Crippen molar-refractivity contribution in [2.75, 3.05) is 13.4 Å². The zero-order valence-electron chi connectivity index (χ0n) is 17.6. The first-order chi connectivity index (χ1) is 15.0. The van der Waals surface area contributed by atoms with Gasteiger partial charge in [0, 0.05) is 19.2 Å². The first kappa shape index (κ1) is 20.6. The number of hydrogen-bond donors (Lipinski definition) is 0. The van der Waals surface area contributed by atoms with E-state index in [1.54, 1.807) is 25.1 Å². The maximum atomic E-state index is 13.0. The molecule has 9 heteroatoms. The van der Waals surface area contributed by atoms with Gasteiger partial charge in [-0.2, -0.15) is 0 Å². The average Bonchev–Trinajstić information content (AvgIpc) is 3.25. The Morgan fingerprint density at radius 1 is 1.16 bits per heavy atom. The van der Waals surface area contributed by atoms with Crippen molar-refractivity contribution in [1.29, 1.82) is 0 Å². The SMILES string of the molecule is CCCCn1c(=O)n(C)c(=O)c2c(C(=O)OCC)cc(-c3ccc4c(c3)OCO4)nc21. The van der Waals surface area contributed by atoms with Crippen LogP contribution in [0.1, 0.15) is 37.0 Å². The van der Waals surface area contributed by atoms with E-state index in [0.717, 1.165) is 17.4 Å². The van der Waals surface area contributed by atoms with E-state index in [1.165, 1.54) is 17.7 Å². The molecule has 0 saturated carbocycles. The van der Waals surface area contributed by atoms with E-state index in [-0.39, 0.29) is 30.0 Å². The summed E-state index contributed by atoms with van der Waals surface area (Å²) in [4.78, 5) is 43.2. The summed E-state index contributed by atoms with van der Waals surface area (Å²) in [6.07, 6.45) is 1.57. The van der Waals surface area contributed by atoms with Crippen LogP contribution in [0.3, 0.4) is 0 Å². The lowest BCUT2D eigenvalue weighted by Crippen LogP contribution is -2.39. The van der Waals surface area contributed by atoms with E-state index >= 15 is 0 Å². The number of rotatable bonds is 6. The fourth-order valence-electron chi connectivity index (χ4n) is 3.56. The Balaban J connectivity index is 2.05. The number of benzene rings is 1. The monoisotopic (exact) mass is 425 g/mol. The van der Waals surface area contributed by atoms with Crippen LogP contribution in [-0.4, -0.2) is 33.5 Å². The highest BCUT2D eigenvalue weighted by molar-refractivity contribution is 6.03. The minimum absolute atomic E-state index is 0.0705. The molecule has 1 aliphatic heterocycles. The second-order valence-electron chi connectivity index (χ2n) is 7.19. The summed E-state index contributed by atoms with van der Waals surface area (Å²) >= 11 is 0. The third-order valence-electron chi connectivity index (χ3n) is 5.19. The van der Waals surface area contributed by atoms with E-state index in [4.69, 9.17) is 14.2 Å². The van der Waals surface area contributed by atoms with E-state index in [1.807, 2.05) is 6.92 Å². The van der Waals surface area contributed by atoms with Crippen LogP contribution in [-0.2, 0) is 18.3 Å². The third kappa shape index (κ3) is 3.56. The summed E-state index contributed by atoms with van der Waals surface area (Å²) in [5.74, 6) is 0.531. The number of hydrogen-bond acceptors (Lipinski definition) is 7. The molecular formula is C22H23N3O6. The number of aromatic nitrogens is 3. The standard InChI is InChI=1S/C22H23N3O6/c1-4-6-9-25-19-18(20(26)24(3)22(25)28)14(21(27)29-5-2)11-15(23-19)13-7-8-16-17(10-13)31-12-30-16/h7-8,10-11H,4-6,9,12H2,1-3H3. The molecule has 162 valence electrons. The van der Waals surface area contributed by atoms with Crippen molar-refractivity contribution in [3.63, 3.8) is 0 Å². The van der Waals surface area contributed by atoms with Crippen molar-refractivity contribution in [2.24, 2.45) is 7.05 Å². The second kappa shape index (κ2) is 8.25. The zero-order chi connectivity index (χ0) is 22.1. The molecule has 0 radical (unpaired) electrons. The number of esters is 1. The highest BCUT2D eigenvalue weighted by atomic mass is 16.7. The molecule has 0 atom stereocenters. The maximum Gasteiger partial charge on any atom is 0.339 e. The molecule has 3 aromatic rings. The molecule has 1 aromatic carbocycles. The second-order valence-corrected chi connectivity index (χ2v) is 7.19. The number of aryl methyl sites for hydroxylation is 1. The summed E-state index contributed by atoms with van der Waals surface area (Å²) in [5, 5.41) is 0.0705. The Kier molecular flexibility index (Phi) is 5.50. The molecule has 0 saturated heterocycles. The highest BCUT2D eigenvalue weighted by Crippen LogP contribution is 2.36. The molecule has 0 amide bonds. The molecule has 4 rings (SSSR count). The van der Waals surface area contributed by atoms with Crippen LogP contribution < -0.4 is 20.7 Å². The lowest BCUT2D eigenvalue weighted by molar-refractivity contribution is 0.0528. The molecule has 9 nitrogen and oxygen atoms in total. The van der Waals surface area contributed by atoms with E-state index in [0.29, 0.717) is 29.3 Å². The molecule has 0 bridgehead atoms. The summed E-state index contributed by atoms with van der Waals surface area (Å²) in [6.45, 7) is 4.35. The van der Waals surface area contributed by atoms with Gasteiger partial charge in [0.25, 0.3) is 5.56 Å². The van der Waals surface area contributed by atoms with Crippen LogP contribution >= 0.6 is 0 Å². The Hall–Kier alpha value is -3.62. The van der Waals surface area contributed by atoms with Crippen molar-refractivity contribution < 1.29 is 19.0 Å². The number of pyridine rings is 1. The quantitative estimate of drug-likeness (QED) is 0.559. The lowest BCUT2D eigenvalue weighted by Gasteiger charge is -2.15. The predicted octanol–water partition coefficient (Wildman–Crippen LogP) is 2.47. The van der Waals surface area contributed by atoms with Gasteiger partial charge in [-0.05, 0) is 37.6 Å². The van der Waals surface area contributed by atoms with E-state index < -0.39 is 17.2 Å². The topological polar surface area (TPSA) is 102 Å². The predicted molar refractivity (Wildman–Crippen MR) is 114 cm³/mol. The molecule has 3 heterocycles. The largest absolute Gasteiger partial charge is 0.462 e. The maximum absolute atomic E-state index is 13.0. The van der Waals surface area contributed by atoms with Crippen LogP contribution in [0.15, 0.2) is 33.9 Å². The van der Waals surface area contributed by atoms with Gasteiger partial charge in [-0.15, -0.1) is 0 Å². The molecular weight excluding hydrogens is 402 g/mol. The van der Waals surface area contributed by atoms with Crippen molar-refractivity contribution in [3.8, 4) is 22.8 Å². The fraction of sp³-hybridized carbons (Fsp3) is 0.364. The first-order valence-corrected chi connectivity index (χ1v) is 10.2. The van der Waals surface area contributed by atoms with Gasteiger partial charge in [0.1, 0.15) is 0 Å². The van der Waals surface area contributed by atoms with Crippen molar-refractivity contribution in [3.05, 3.63) is 50.7 Å². The molecule has 2 aromatic heterocycles. The van der Waals surface area contributed by atoms with Gasteiger partial charge in [0.15, 0.2) is 17.1 Å². The first-order valence-electron chi connectivity index (χ1n) is 10.2. The molecule has 0 aliphatic carbocycles. The number of unbranched alkanes of at least 4 members (excludes halogenated alkanes) is 1. The van der Waals surface area contributed by atoms with Crippen molar-refractivity contribution >= 4 is 17.0 Å².